The van der Waals surface area contributed by atoms with E-state index in [0.717, 1.165) is 49.0 Å². The molecule has 0 saturated carbocycles. The van der Waals surface area contributed by atoms with Crippen molar-refractivity contribution < 1.29 is 14.4 Å². The average Bonchev–Trinajstić information content (AvgIpc) is 2.85. The highest BCUT2D eigenvalue weighted by Crippen LogP contribution is 2.26. The molecule has 0 saturated heterocycles. The highest BCUT2D eigenvalue weighted by atomic mass is 16.2. The zero-order valence-electron chi connectivity index (χ0n) is 19.9. The third-order valence-electron chi connectivity index (χ3n) is 5.84. The van der Waals surface area contributed by atoms with Gasteiger partial charge in [0.15, 0.2) is 5.78 Å². The number of Topliss-reactive ketones (excluding diaryl/α,β-unsaturated/α-hetero) is 2. The van der Waals surface area contributed by atoms with Crippen molar-refractivity contribution in [2.45, 2.75) is 58.3 Å². The smallest absolute Gasteiger partial charge is 0.235 e. The second-order valence-corrected chi connectivity index (χ2v) is 8.67. The van der Waals surface area contributed by atoms with Gasteiger partial charge in [-0.3, -0.25) is 14.5 Å². The predicted octanol–water partition coefficient (Wildman–Crippen LogP) is 7.10. The normalized spacial score (nSPS) is 10.6. The number of ketones is 2. The maximum atomic E-state index is 13.3. The van der Waals surface area contributed by atoms with Crippen molar-refractivity contribution in [3.8, 4) is 0 Å². The summed E-state index contributed by atoms with van der Waals surface area (Å²) in [4.78, 5) is 38.5. The summed E-state index contributed by atoms with van der Waals surface area (Å²) in [7, 11) is 0. The highest BCUT2D eigenvalue weighted by molar-refractivity contribution is 6.01. The summed E-state index contributed by atoms with van der Waals surface area (Å²) in [6, 6.07) is 26.7. The molecule has 34 heavy (non-hydrogen) atoms. The molecule has 176 valence electrons. The summed E-state index contributed by atoms with van der Waals surface area (Å²) in [5, 5.41) is 0. The van der Waals surface area contributed by atoms with Crippen LogP contribution in [0.5, 0.6) is 0 Å². The van der Waals surface area contributed by atoms with Crippen LogP contribution >= 0.6 is 0 Å². The monoisotopic (exact) mass is 455 g/mol. The fourth-order valence-corrected chi connectivity index (χ4v) is 3.99. The zero-order chi connectivity index (χ0) is 24.2. The van der Waals surface area contributed by atoms with Crippen LogP contribution in [0.4, 0.5) is 11.4 Å². The minimum Gasteiger partial charge on any atom is -0.300 e. The minimum absolute atomic E-state index is 0.0266. The van der Waals surface area contributed by atoms with Crippen LogP contribution in [0.25, 0.3) is 0 Å². The van der Waals surface area contributed by atoms with Gasteiger partial charge in [0, 0.05) is 29.8 Å². The Morgan fingerprint density at radius 3 is 1.65 bits per heavy atom. The molecular weight excluding hydrogens is 422 g/mol. The molecule has 3 aromatic rings. The summed E-state index contributed by atoms with van der Waals surface area (Å²) in [6.07, 6.45) is 6.34. The maximum Gasteiger partial charge on any atom is 0.235 e. The van der Waals surface area contributed by atoms with Gasteiger partial charge in [-0.05, 0) is 49.6 Å². The lowest BCUT2D eigenvalue weighted by Gasteiger charge is -2.23. The second-order valence-electron chi connectivity index (χ2n) is 8.67. The first kappa shape index (κ1) is 25.1. The molecule has 4 heteroatoms. The number of para-hydroxylation sites is 2. The Morgan fingerprint density at radius 2 is 1.12 bits per heavy atom. The van der Waals surface area contributed by atoms with Crippen LogP contribution in [0, 0.1) is 0 Å². The molecule has 0 aromatic heterocycles. The summed E-state index contributed by atoms with van der Waals surface area (Å²) in [5.41, 5.74) is 3.22. The lowest BCUT2D eigenvalue weighted by molar-refractivity contribution is -0.118. The molecule has 1 amide bonds. The van der Waals surface area contributed by atoms with E-state index in [2.05, 4.69) is 0 Å². The van der Waals surface area contributed by atoms with Crippen LogP contribution in [0.1, 0.15) is 67.8 Å². The number of carbonyl (C=O) groups excluding carboxylic acids is 3. The number of rotatable bonds is 13. The number of hydrogen-bond acceptors (Lipinski definition) is 3. The van der Waals surface area contributed by atoms with Gasteiger partial charge in [0.05, 0.1) is 6.42 Å². The molecule has 0 bridgehead atoms. The van der Waals surface area contributed by atoms with Gasteiger partial charge in [-0.1, -0.05) is 79.9 Å². The van der Waals surface area contributed by atoms with Crippen molar-refractivity contribution in [3.63, 3.8) is 0 Å². The van der Waals surface area contributed by atoms with E-state index in [1.165, 1.54) is 0 Å². The molecule has 0 spiro atoms. The number of anilines is 2. The largest absolute Gasteiger partial charge is 0.300 e. The number of unbranched alkanes of at least 4 members (excludes halogenated alkanes) is 4. The van der Waals surface area contributed by atoms with Crippen LogP contribution in [0.2, 0.25) is 0 Å². The number of nitrogens with zero attached hydrogens (tertiary/aromatic N) is 1. The van der Waals surface area contributed by atoms with Gasteiger partial charge < -0.3 is 4.79 Å². The van der Waals surface area contributed by atoms with E-state index < -0.39 is 0 Å². The Balaban J connectivity index is 1.54. The van der Waals surface area contributed by atoms with E-state index in [1.807, 2.05) is 84.9 Å². The molecule has 0 atom stereocenters. The molecule has 3 aromatic carbocycles. The molecule has 4 nitrogen and oxygen atoms in total. The lowest BCUT2D eigenvalue weighted by Crippen LogP contribution is -2.27. The maximum absolute atomic E-state index is 13.3. The Kier molecular flexibility index (Phi) is 9.78. The zero-order valence-corrected chi connectivity index (χ0v) is 19.9. The third kappa shape index (κ3) is 7.80. The van der Waals surface area contributed by atoms with Crippen LogP contribution < -0.4 is 4.90 Å². The molecule has 0 unspecified atom stereocenters. The van der Waals surface area contributed by atoms with E-state index in [4.69, 9.17) is 0 Å². The fourth-order valence-electron chi connectivity index (χ4n) is 3.99. The first-order valence-corrected chi connectivity index (χ1v) is 12.1. The SMILES string of the molecule is CC(=O)CCCCCCCC(=O)c1ccc(CC(=O)N(c2ccccc2)c2ccccc2)cc1. The van der Waals surface area contributed by atoms with Crippen molar-refractivity contribution in [3.05, 3.63) is 96.1 Å². The van der Waals surface area contributed by atoms with Crippen LogP contribution in [-0.4, -0.2) is 17.5 Å². The average molecular weight is 456 g/mol. The Hall–Kier alpha value is -3.53. The fraction of sp³-hybridized carbons (Fsp3) is 0.300. The van der Waals surface area contributed by atoms with E-state index in [0.29, 0.717) is 18.4 Å². The topological polar surface area (TPSA) is 54.5 Å². The Labute approximate surface area is 202 Å². The van der Waals surface area contributed by atoms with Crippen molar-refractivity contribution in [1.29, 1.82) is 0 Å². The van der Waals surface area contributed by atoms with E-state index >= 15 is 0 Å². The molecule has 3 rings (SSSR count). The molecule has 0 heterocycles. The standard InChI is InChI=1S/C30H33NO3/c1-24(32)13-7-3-2-4-12-18-29(33)26-21-19-25(20-22-26)23-30(34)31(27-14-8-5-9-15-27)28-16-10-6-11-17-28/h5-6,8-11,14-17,19-22H,2-4,7,12-13,18,23H2,1H3. The van der Waals surface area contributed by atoms with Gasteiger partial charge in [-0.25, -0.2) is 0 Å². The van der Waals surface area contributed by atoms with Gasteiger partial charge in [-0.15, -0.1) is 0 Å². The Morgan fingerprint density at radius 1 is 0.618 bits per heavy atom. The van der Waals surface area contributed by atoms with Gasteiger partial charge in [-0.2, -0.15) is 0 Å². The third-order valence-corrected chi connectivity index (χ3v) is 5.84. The number of benzene rings is 3. The lowest BCUT2D eigenvalue weighted by atomic mass is 10.0. The summed E-state index contributed by atoms with van der Waals surface area (Å²) < 4.78 is 0. The van der Waals surface area contributed by atoms with Gasteiger partial charge >= 0.3 is 0 Å². The quantitative estimate of drug-likeness (QED) is 0.204. The van der Waals surface area contributed by atoms with Crippen LogP contribution in [-0.2, 0) is 16.0 Å². The van der Waals surface area contributed by atoms with Crippen molar-refractivity contribution in [2.75, 3.05) is 4.90 Å². The van der Waals surface area contributed by atoms with E-state index in [-0.39, 0.29) is 23.9 Å². The highest BCUT2D eigenvalue weighted by Gasteiger charge is 2.18. The summed E-state index contributed by atoms with van der Waals surface area (Å²) in [5.74, 6) is 0.353. The van der Waals surface area contributed by atoms with E-state index in [1.54, 1.807) is 11.8 Å². The van der Waals surface area contributed by atoms with Gasteiger partial charge in [0.2, 0.25) is 5.91 Å². The van der Waals surface area contributed by atoms with Crippen molar-refractivity contribution in [2.24, 2.45) is 0 Å². The molecule has 0 aliphatic carbocycles. The van der Waals surface area contributed by atoms with E-state index in [9.17, 15) is 14.4 Å². The molecule has 0 aliphatic heterocycles. The number of carbonyl (C=O) groups is 3. The second kappa shape index (κ2) is 13.2. The van der Waals surface area contributed by atoms with Gasteiger partial charge in [0.1, 0.15) is 5.78 Å². The molecule has 0 N–H and O–H groups in total. The molecule has 0 aliphatic rings. The Bertz CT molecular complexity index is 1020. The molecule has 0 radical (unpaired) electrons. The summed E-state index contributed by atoms with van der Waals surface area (Å²) in [6.45, 7) is 1.63. The summed E-state index contributed by atoms with van der Waals surface area (Å²) >= 11 is 0. The predicted molar refractivity (Wildman–Crippen MR) is 138 cm³/mol. The molecular formula is C30H33NO3. The first-order valence-electron chi connectivity index (χ1n) is 12.1. The molecule has 0 fully saturated rings. The minimum atomic E-state index is -0.0266. The van der Waals surface area contributed by atoms with Crippen molar-refractivity contribution >= 4 is 28.8 Å². The first-order chi connectivity index (χ1) is 16.5. The number of amides is 1. The van der Waals surface area contributed by atoms with Gasteiger partial charge in [0.25, 0.3) is 0 Å². The van der Waals surface area contributed by atoms with Crippen LogP contribution in [0.15, 0.2) is 84.9 Å². The van der Waals surface area contributed by atoms with Crippen molar-refractivity contribution in [1.82, 2.24) is 0 Å². The number of hydrogen-bond donors (Lipinski definition) is 0. The van der Waals surface area contributed by atoms with Crippen LogP contribution in [0.3, 0.4) is 0 Å².